The summed E-state index contributed by atoms with van der Waals surface area (Å²) in [5.41, 5.74) is 0.311. The summed E-state index contributed by atoms with van der Waals surface area (Å²) in [5.74, 6) is -1.09. The Balaban J connectivity index is 2.42. The normalized spacial score (nSPS) is 11.3. The number of rotatable bonds is 10. The lowest BCUT2D eigenvalue weighted by Crippen LogP contribution is -2.37. The van der Waals surface area contributed by atoms with E-state index in [0.29, 0.717) is 25.8 Å². The molecular weight excluding hydrogens is 294 g/mol. The second-order valence-electron chi connectivity index (χ2n) is 6.00. The molecule has 5 heteroatoms. The molecule has 128 valence electrons. The van der Waals surface area contributed by atoms with Gasteiger partial charge < -0.3 is 15.5 Å². The number of hydrogen-bond donors (Lipinski definition) is 3. The Morgan fingerprint density at radius 3 is 2.13 bits per heavy atom. The molecule has 3 N–H and O–H groups in total. The predicted octanol–water partition coefficient (Wildman–Crippen LogP) is 2.76. The molecule has 0 radical (unpaired) electrons. The molecule has 1 aromatic carbocycles. The number of hydrogen-bond acceptors (Lipinski definition) is 3. The van der Waals surface area contributed by atoms with Crippen molar-refractivity contribution in [3.63, 3.8) is 0 Å². The number of aliphatic hydroxyl groups is 1. The first-order valence-electron chi connectivity index (χ1n) is 8.21. The molecule has 1 amide bonds. The SMILES string of the molecule is CCCC(O)(CCC)CC(=O)NCCc1ccc(C(=O)O)cc1. The van der Waals surface area contributed by atoms with E-state index < -0.39 is 11.6 Å². The van der Waals surface area contributed by atoms with Crippen LogP contribution in [-0.2, 0) is 11.2 Å². The van der Waals surface area contributed by atoms with Gasteiger partial charge in [0.2, 0.25) is 5.91 Å². The average molecular weight is 321 g/mol. The zero-order chi connectivity index (χ0) is 17.3. The molecule has 5 nitrogen and oxygen atoms in total. The quantitative estimate of drug-likeness (QED) is 0.618. The van der Waals surface area contributed by atoms with E-state index in [4.69, 9.17) is 5.11 Å². The molecule has 1 rings (SSSR count). The van der Waals surface area contributed by atoms with Gasteiger partial charge in [0.1, 0.15) is 0 Å². The maximum atomic E-state index is 12.0. The van der Waals surface area contributed by atoms with Gasteiger partial charge in [-0.1, -0.05) is 38.8 Å². The third-order valence-electron chi connectivity index (χ3n) is 3.86. The Labute approximate surface area is 137 Å². The van der Waals surface area contributed by atoms with Crippen molar-refractivity contribution < 1.29 is 19.8 Å². The van der Waals surface area contributed by atoms with Crippen LogP contribution in [0.15, 0.2) is 24.3 Å². The smallest absolute Gasteiger partial charge is 0.335 e. The van der Waals surface area contributed by atoms with Gasteiger partial charge in [0, 0.05) is 6.54 Å². The zero-order valence-corrected chi connectivity index (χ0v) is 14.0. The van der Waals surface area contributed by atoms with Crippen LogP contribution in [0.4, 0.5) is 0 Å². The zero-order valence-electron chi connectivity index (χ0n) is 14.0. The molecule has 0 heterocycles. The summed E-state index contributed by atoms with van der Waals surface area (Å²) < 4.78 is 0. The van der Waals surface area contributed by atoms with Crippen LogP contribution < -0.4 is 5.32 Å². The van der Waals surface area contributed by atoms with Crippen molar-refractivity contribution in [3.05, 3.63) is 35.4 Å². The number of carbonyl (C=O) groups is 2. The lowest BCUT2D eigenvalue weighted by Gasteiger charge is -2.26. The van der Waals surface area contributed by atoms with E-state index in [0.717, 1.165) is 18.4 Å². The van der Waals surface area contributed by atoms with E-state index in [1.165, 1.54) is 0 Å². The largest absolute Gasteiger partial charge is 0.478 e. The van der Waals surface area contributed by atoms with Crippen LogP contribution >= 0.6 is 0 Å². The summed E-state index contributed by atoms with van der Waals surface area (Å²) in [7, 11) is 0. The average Bonchev–Trinajstić information content (AvgIpc) is 2.48. The molecule has 1 aromatic rings. The van der Waals surface area contributed by atoms with Crippen molar-refractivity contribution in [2.45, 2.75) is 58.0 Å². The molecule has 0 saturated carbocycles. The maximum Gasteiger partial charge on any atom is 0.335 e. The molecular formula is C18H27NO4. The van der Waals surface area contributed by atoms with Crippen molar-refractivity contribution in [3.8, 4) is 0 Å². The standard InChI is InChI=1S/C18H27NO4/c1-3-10-18(23,11-4-2)13-16(20)19-12-9-14-5-7-15(8-6-14)17(21)22/h5-8,23H,3-4,9-13H2,1-2H3,(H,19,20)(H,21,22). The van der Waals surface area contributed by atoms with Gasteiger partial charge in [-0.3, -0.25) is 4.79 Å². The van der Waals surface area contributed by atoms with Crippen molar-refractivity contribution in [1.29, 1.82) is 0 Å². The summed E-state index contributed by atoms with van der Waals surface area (Å²) in [6.07, 6.45) is 3.72. The number of aromatic carboxylic acids is 1. The van der Waals surface area contributed by atoms with Gasteiger partial charge in [0.05, 0.1) is 17.6 Å². The van der Waals surface area contributed by atoms with Gasteiger partial charge >= 0.3 is 5.97 Å². The fourth-order valence-electron chi connectivity index (χ4n) is 2.75. The first kappa shape index (κ1) is 19.2. The van der Waals surface area contributed by atoms with Crippen LogP contribution in [-0.4, -0.2) is 34.2 Å². The highest BCUT2D eigenvalue weighted by Crippen LogP contribution is 2.23. The first-order valence-corrected chi connectivity index (χ1v) is 8.21. The van der Waals surface area contributed by atoms with E-state index in [1.807, 2.05) is 13.8 Å². The van der Waals surface area contributed by atoms with E-state index >= 15 is 0 Å². The summed E-state index contributed by atoms with van der Waals surface area (Å²) in [6, 6.07) is 6.61. The van der Waals surface area contributed by atoms with Crippen LogP contribution in [0.2, 0.25) is 0 Å². The van der Waals surface area contributed by atoms with Gasteiger partial charge in [-0.15, -0.1) is 0 Å². The van der Waals surface area contributed by atoms with Crippen LogP contribution in [0, 0.1) is 0 Å². The van der Waals surface area contributed by atoms with Gasteiger partial charge in [-0.25, -0.2) is 4.79 Å². The van der Waals surface area contributed by atoms with Crippen molar-refractivity contribution in [1.82, 2.24) is 5.32 Å². The van der Waals surface area contributed by atoms with Crippen molar-refractivity contribution in [2.24, 2.45) is 0 Å². The fraction of sp³-hybridized carbons (Fsp3) is 0.556. The molecule has 0 aromatic heterocycles. The second kappa shape index (κ2) is 9.30. The Kier molecular flexibility index (Phi) is 7.75. The third-order valence-corrected chi connectivity index (χ3v) is 3.86. The fourth-order valence-corrected chi connectivity index (χ4v) is 2.75. The van der Waals surface area contributed by atoms with E-state index in [-0.39, 0.29) is 17.9 Å². The maximum absolute atomic E-state index is 12.0. The Hall–Kier alpha value is -1.88. The van der Waals surface area contributed by atoms with Crippen LogP contribution in [0.25, 0.3) is 0 Å². The summed E-state index contributed by atoms with van der Waals surface area (Å²) >= 11 is 0. The summed E-state index contributed by atoms with van der Waals surface area (Å²) in [5, 5.41) is 22.1. The van der Waals surface area contributed by atoms with Gasteiger partial charge in [-0.05, 0) is 37.0 Å². The van der Waals surface area contributed by atoms with Crippen LogP contribution in [0.1, 0.15) is 61.9 Å². The summed E-state index contributed by atoms with van der Waals surface area (Å²) in [4.78, 5) is 22.8. The molecule has 0 spiro atoms. The van der Waals surface area contributed by atoms with E-state index in [2.05, 4.69) is 5.32 Å². The number of carboxylic acid groups (broad SMARTS) is 1. The van der Waals surface area contributed by atoms with E-state index in [1.54, 1.807) is 24.3 Å². The Morgan fingerprint density at radius 2 is 1.65 bits per heavy atom. The molecule has 0 atom stereocenters. The molecule has 0 aliphatic carbocycles. The Morgan fingerprint density at radius 1 is 1.09 bits per heavy atom. The molecule has 0 unspecified atom stereocenters. The monoisotopic (exact) mass is 321 g/mol. The van der Waals surface area contributed by atoms with Crippen LogP contribution in [0.3, 0.4) is 0 Å². The van der Waals surface area contributed by atoms with Gasteiger partial charge in [0.15, 0.2) is 0 Å². The van der Waals surface area contributed by atoms with E-state index in [9.17, 15) is 14.7 Å². The minimum atomic E-state index is -0.948. The molecule has 23 heavy (non-hydrogen) atoms. The molecule has 0 bridgehead atoms. The topological polar surface area (TPSA) is 86.6 Å². The minimum absolute atomic E-state index is 0.132. The molecule has 0 aliphatic rings. The lowest BCUT2D eigenvalue weighted by molar-refractivity contribution is -0.126. The van der Waals surface area contributed by atoms with Crippen LogP contribution in [0.5, 0.6) is 0 Å². The highest BCUT2D eigenvalue weighted by atomic mass is 16.4. The number of carbonyl (C=O) groups excluding carboxylic acids is 1. The third kappa shape index (κ3) is 6.82. The summed E-state index contributed by atoms with van der Waals surface area (Å²) in [6.45, 7) is 4.47. The predicted molar refractivity (Wildman–Crippen MR) is 89.5 cm³/mol. The highest BCUT2D eigenvalue weighted by molar-refractivity contribution is 5.87. The Bertz CT molecular complexity index is 504. The van der Waals surface area contributed by atoms with Crippen molar-refractivity contribution in [2.75, 3.05) is 6.54 Å². The molecule has 0 fully saturated rings. The second-order valence-corrected chi connectivity index (χ2v) is 6.00. The van der Waals surface area contributed by atoms with Crippen molar-refractivity contribution >= 4 is 11.9 Å². The molecule has 0 aliphatic heterocycles. The first-order chi connectivity index (χ1) is 10.9. The molecule has 0 saturated heterocycles. The number of carboxylic acids is 1. The number of amides is 1. The number of benzene rings is 1. The van der Waals surface area contributed by atoms with Gasteiger partial charge in [-0.2, -0.15) is 0 Å². The number of nitrogens with one attached hydrogen (secondary N) is 1. The highest BCUT2D eigenvalue weighted by Gasteiger charge is 2.27. The minimum Gasteiger partial charge on any atom is -0.478 e. The van der Waals surface area contributed by atoms with Gasteiger partial charge in [0.25, 0.3) is 0 Å². The lowest BCUT2D eigenvalue weighted by atomic mass is 9.89.